The highest BCUT2D eigenvalue weighted by atomic mass is 16.5. The summed E-state index contributed by atoms with van der Waals surface area (Å²) in [4.78, 5) is 0. The molecule has 0 unspecified atom stereocenters. The van der Waals surface area contributed by atoms with Gasteiger partial charge in [0.1, 0.15) is 5.75 Å². The van der Waals surface area contributed by atoms with Crippen LogP contribution in [-0.4, -0.2) is 25.9 Å². The van der Waals surface area contributed by atoms with E-state index >= 15 is 0 Å². The highest BCUT2D eigenvalue weighted by Crippen LogP contribution is 2.46. The molecule has 0 aliphatic carbocycles. The first kappa shape index (κ1) is 14.4. The number of benzene rings is 1. The van der Waals surface area contributed by atoms with Gasteiger partial charge in [0.25, 0.3) is 0 Å². The number of methoxy groups -OCH3 is 1. The molecular formula is C16H25NO2. The minimum absolute atomic E-state index is 0.0725. The zero-order chi connectivity index (χ0) is 13.9. The Bertz CT molecular complexity index is 427. The van der Waals surface area contributed by atoms with Crippen LogP contribution in [0.2, 0.25) is 0 Å². The molecule has 2 N–H and O–H groups in total. The van der Waals surface area contributed by atoms with E-state index in [1.54, 1.807) is 7.11 Å². The molecule has 1 aliphatic rings. The first-order valence-corrected chi connectivity index (χ1v) is 7.00. The highest BCUT2D eigenvalue weighted by molar-refractivity contribution is 5.40. The predicted molar refractivity (Wildman–Crippen MR) is 77.6 cm³/mol. The van der Waals surface area contributed by atoms with Gasteiger partial charge in [-0.3, -0.25) is 0 Å². The second-order valence-corrected chi connectivity index (χ2v) is 6.05. The molecule has 3 nitrogen and oxygen atoms in total. The zero-order valence-electron chi connectivity index (χ0n) is 12.2. The Morgan fingerprint density at radius 1 is 1.32 bits per heavy atom. The van der Waals surface area contributed by atoms with Gasteiger partial charge < -0.3 is 15.2 Å². The number of rotatable bonds is 4. The summed E-state index contributed by atoms with van der Waals surface area (Å²) < 4.78 is 11.4. The average Bonchev–Trinajstić information content (AvgIpc) is 2.38. The number of hydrogen-bond acceptors (Lipinski definition) is 3. The first-order chi connectivity index (χ1) is 9.03. The van der Waals surface area contributed by atoms with Crippen LogP contribution < -0.4 is 10.5 Å². The number of ether oxygens (including phenoxy) is 2. The second kappa shape index (κ2) is 5.51. The second-order valence-electron chi connectivity index (χ2n) is 6.05. The third-order valence-electron chi connectivity index (χ3n) is 4.14. The molecule has 106 valence electrons. The van der Waals surface area contributed by atoms with E-state index in [1.807, 2.05) is 12.1 Å². The van der Waals surface area contributed by atoms with Crippen molar-refractivity contribution in [3.63, 3.8) is 0 Å². The quantitative estimate of drug-likeness (QED) is 0.908. The SMILES string of the molecule is COc1ccccc1[C@]1(CCN)CCOC(C)(C)C1. The maximum absolute atomic E-state index is 5.88. The van der Waals surface area contributed by atoms with Crippen LogP contribution in [0.25, 0.3) is 0 Å². The van der Waals surface area contributed by atoms with Crippen LogP contribution in [0.3, 0.4) is 0 Å². The summed E-state index contributed by atoms with van der Waals surface area (Å²) in [6.45, 7) is 5.79. The fraction of sp³-hybridized carbons (Fsp3) is 0.625. The molecule has 0 radical (unpaired) electrons. The normalized spacial score (nSPS) is 26.1. The Balaban J connectivity index is 2.43. The van der Waals surface area contributed by atoms with Crippen LogP contribution in [0.5, 0.6) is 5.75 Å². The van der Waals surface area contributed by atoms with Crippen LogP contribution in [0.4, 0.5) is 0 Å². The van der Waals surface area contributed by atoms with Gasteiger partial charge >= 0.3 is 0 Å². The largest absolute Gasteiger partial charge is 0.496 e. The summed E-state index contributed by atoms with van der Waals surface area (Å²) in [7, 11) is 1.74. The smallest absolute Gasteiger partial charge is 0.122 e. The molecule has 1 aliphatic heterocycles. The third-order valence-corrected chi connectivity index (χ3v) is 4.14. The van der Waals surface area contributed by atoms with Crippen molar-refractivity contribution in [3.8, 4) is 5.75 Å². The monoisotopic (exact) mass is 263 g/mol. The lowest BCUT2D eigenvalue weighted by Gasteiger charge is -2.45. The number of para-hydroxylation sites is 1. The molecule has 0 spiro atoms. The summed E-state index contributed by atoms with van der Waals surface area (Å²) in [6.07, 6.45) is 2.96. The van der Waals surface area contributed by atoms with E-state index in [2.05, 4.69) is 26.0 Å². The van der Waals surface area contributed by atoms with Gasteiger partial charge in [0.15, 0.2) is 0 Å². The lowest BCUT2D eigenvalue weighted by atomic mass is 9.67. The fourth-order valence-corrected chi connectivity index (χ4v) is 3.41. The van der Waals surface area contributed by atoms with Crippen molar-refractivity contribution in [3.05, 3.63) is 29.8 Å². The van der Waals surface area contributed by atoms with E-state index in [1.165, 1.54) is 5.56 Å². The molecule has 1 saturated heterocycles. The maximum atomic E-state index is 5.88. The van der Waals surface area contributed by atoms with Crippen LogP contribution in [0.1, 0.15) is 38.7 Å². The average molecular weight is 263 g/mol. The molecule has 0 aromatic heterocycles. The van der Waals surface area contributed by atoms with E-state index in [-0.39, 0.29) is 11.0 Å². The van der Waals surface area contributed by atoms with Gasteiger partial charge in [0.05, 0.1) is 12.7 Å². The predicted octanol–water partition coefficient (Wildman–Crippen LogP) is 2.87. The van der Waals surface area contributed by atoms with E-state index < -0.39 is 0 Å². The molecule has 1 heterocycles. The standard InChI is InChI=1S/C16H25NO2/c1-15(2)12-16(8-10-17,9-11-19-15)13-6-4-5-7-14(13)18-3/h4-7H,8-12,17H2,1-3H3/t16-/m1/s1. The number of hydrogen-bond donors (Lipinski definition) is 1. The molecule has 0 bridgehead atoms. The van der Waals surface area contributed by atoms with Gasteiger partial charge in [0.2, 0.25) is 0 Å². The van der Waals surface area contributed by atoms with Crippen molar-refractivity contribution < 1.29 is 9.47 Å². The molecule has 0 amide bonds. The van der Waals surface area contributed by atoms with Crippen molar-refractivity contribution in [2.24, 2.45) is 5.73 Å². The van der Waals surface area contributed by atoms with Crippen LogP contribution in [0.15, 0.2) is 24.3 Å². The molecule has 2 rings (SSSR count). The Morgan fingerprint density at radius 2 is 2.05 bits per heavy atom. The lowest BCUT2D eigenvalue weighted by Crippen LogP contribution is -2.45. The summed E-state index contributed by atoms with van der Waals surface area (Å²) in [5.74, 6) is 0.966. The van der Waals surface area contributed by atoms with Gasteiger partial charge in [-0.15, -0.1) is 0 Å². The van der Waals surface area contributed by atoms with Crippen LogP contribution in [-0.2, 0) is 10.2 Å². The van der Waals surface area contributed by atoms with E-state index in [0.29, 0.717) is 6.54 Å². The minimum Gasteiger partial charge on any atom is -0.496 e. The summed E-state index contributed by atoms with van der Waals surface area (Å²) >= 11 is 0. The highest BCUT2D eigenvalue weighted by Gasteiger charge is 2.42. The summed E-state index contributed by atoms with van der Waals surface area (Å²) in [5, 5.41) is 0. The minimum atomic E-state index is -0.103. The third kappa shape index (κ3) is 2.93. The fourth-order valence-electron chi connectivity index (χ4n) is 3.41. The Morgan fingerprint density at radius 3 is 2.68 bits per heavy atom. The van der Waals surface area contributed by atoms with E-state index in [4.69, 9.17) is 15.2 Å². The molecule has 1 fully saturated rings. The number of nitrogens with two attached hydrogens (primary N) is 1. The molecule has 0 saturated carbocycles. The zero-order valence-corrected chi connectivity index (χ0v) is 12.2. The topological polar surface area (TPSA) is 44.5 Å². The van der Waals surface area contributed by atoms with Crippen LogP contribution >= 0.6 is 0 Å². The van der Waals surface area contributed by atoms with Crippen LogP contribution in [0, 0.1) is 0 Å². The molecule has 19 heavy (non-hydrogen) atoms. The molecule has 3 heteroatoms. The van der Waals surface area contributed by atoms with Gasteiger partial charge in [0, 0.05) is 17.6 Å². The van der Waals surface area contributed by atoms with Crippen molar-refractivity contribution in [2.75, 3.05) is 20.3 Å². The molecule has 1 atom stereocenters. The van der Waals surface area contributed by atoms with Gasteiger partial charge in [-0.2, -0.15) is 0 Å². The van der Waals surface area contributed by atoms with Crippen molar-refractivity contribution >= 4 is 0 Å². The summed E-state index contributed by atoms with van der Waals surface area (Å²) in [5.41, 5.74) is 7.13. The molecular weight excluding hydrogens is 238 g/mol. The Hall–Kier alpha value is -1.06. The van der Waals surface area contributed by atoms with Crippen molar-refractivity contribution in [1.29, 1.82) is 0 Å². The summed E-state index contributed by atoms with van der Waals surface area (Å²) in [6, 6.07) is 8.31. The van der Waals surface area contributed by atoms with Gasteiger partial charge in [-0.25, -0.2) is 0 Å². The van der Waals surface area contributed by atoms with Crippen molar-refractivity contribution in [2.45, 2.75) is 44.1 Å². The Labute approximate surface area is 116 Å². The Kier molecular flexibility index (Phi) is 4.16. The lowest BCUT2D eigenvalue weighted by molar-refractivity contribution is -0.0839. The van der Waals surface area contributed by atoms with Crippen molar-refractivity contribution in [1.82, 2.24) is 0 Å². The van der Waals surface area contributed by atoms with Gasteiger partial charge in [-0.1, -0.05) is 18.2 Å². The van der Waals surface area contributed by atoms with E-state index in [9.17, 15) is 0 Å². The molecule has 1 aromatic carbocycles. The first-order valence-electron chi connectivity index (χ1n) is 7.00. The molecule has 1 aromatic rings. The van der Waals surface area contributed by atoms with E-state index in [0.717, 1.165) is 31.6 Å². The maximum Gasteiger partial charge on any atom is 0.122 e. The van der Waals surface area contributed by atoms with Gasteiger partial charge in [-0.05, 0) is 45.7 Å².